The lowest BCUT2D eigenvalue weighted by atomic mass is 10.2. The average molecular weight is 350 g/mol. The summed E-state index contributed by atoms with van der Waals surface area (Å²) in [4.78, 5) is 2.14. The number of aryl methyl sites for hydroxylation is 1. The van der Waals surface area contributed by atoms with Gasteiger partial charge in [0.25, 0.3) is 10.0 Å². The normalized spacial score (nSPS) is 15.3. The SMILES string of the molecule is Cc1cccc(S(=O)(=O)Nc2cc(F)ccc2N2CCOCC2)c1. The van der Waals surface area contributed by atoms with Gasteiger partial charge in [0.1, 0.15) is 5.82 Å². The Morgan fingerprint density at radius 3 is 2.58 bits per heavy atom. The molecule has 0 aromatic heterocycles. The van der Waals surface area contributed by atoms with Crippen LogP contribution in [0.3, 0.4) is 0 Å². The van der Waals surface area contributed by atoms with Crippen LogP contribution in [0.15, 0.2) is 47.4 Å². The number of nitrogens with one attached hydrogen (secondary N) is 1. The number of benzene rings is 2. The minimum atomic E-state index is -3.79. The average Bonchev–Trinajstić information content (AvgIpc) is 2.55. The molecule has 0 aliphatic carbocycles. The fraction of sp³-hybridized carbons (Fsp3) is 0.294. The Bertz CT molecular complexity index is 833. The lowest BCUT2D eigenvalue weighted by Gasteiger charge is -2.30. The first-order chi connectivity index (χ1) is 11.5. The van der Waals surface area contributed by atoms with E-state index in [9.17, 15) is 12.8 Å². The van der Waals surface area contributed by atoms with Gasteiger partial charge in [0.05, 0.1) is 29.5 Å². The molecule has 0 unspecified atom stereocenters. The Hall–Kier alpha value is -2.12. The highest BCUT2D eigenvalue weighted by Gasteiger charge is 2.20. The number of hydrogen-bond acceptors (Lipinski definition) is 4. The Morgan fingerprint density at radius 1 is 1.12 bits per heavy atom. The monoisotopic (exact) mass is 350 g/mol. The van der Waals surface area contributed by atoms with Gasteiger partial charge >= 0.3 is 0 Å². The molecule has 0 amide bonds. The van der Waals surface area contributed by atoms with Crippen molar-refractivity contribution in [1.29, 1.82) is 0 Å². The number of nitrogens with zero attached hydrogens (tertiary/aromatic N) is 1. The van der Waals surface area contributed by atoms with Crippen LogP contribution in [0.2, 0.25) is 0 Å². The van der Waals surface area contributed by atoms with E-state index in [1.807, 2.05) is 17.9 Å². The van der Waals surface area contributed by atoms with Crippen LogP contribution in [-0.4, -0.2) is 34.7 Å². The molecule has 7 heteroatoms. The smallest absolute Gasteiger partial charge is 0.261 e. The largest absolute Gasteiger partial charge is 0.378 e. The topological polar surface area (TPSA) is 58.6 Å². The minimum Gasteiger partial charge on any atom is -0.378 e. The lowest BCUT2D eigenvalue weighted by molar-refractivity contribution is 0.123. The van der Waals surface area contributed by atoms with Crippen LogP contribution in [0, 0.1) is 12.7 Å². The van der Waals surface area contributed by atoms with Crippen molar-refractivity contribution in [3.63, 3.8) is 0 Å². The van der Waals surface area contributed by atoms with Crippen LogP contribution in [0.5, 0.6) is 0 Å². The predicted octanol–water partition coefficient (Wildman–Crippen LogP) is 2.77. The zero-order valence-corrected chi connectivity index (χ0v) is 14.1. The van der Waals surface area contributed by atoms with E-state index in [1.165, 1.54) is 18.2 Å². The predicted molar refractivity (Wildman–Crippen MR) is 91.4 cm³/mol. The summed E-state index contributed by atoms with van der Waals surface area (Å²) in [6, 6.07) is 10.7. The van der Waals surface area contributed by atoms with Gasteiger partial charge in [0, 0.05) is 19.2 Å². The van der Waals surface area contributed by atoms with Crippen molar-refractivity contribution >= 4 is 21.4 Å². The summed E-state index contributed by atoms with van der Waals surface area (Å²) in [5.41, 5.74) is 1.72. The van der Waals surface area contributed by atoms with Gasteiger partial charge in [-0.2, -0.15) is 0 Å². The number of morpholine rings is 1. The molecule has 24 heavy (non-hydrogen) atoms. The van der Waals surface area contributed by atoms with E-state index in [0.717, 1.165) is 5.56 Å². The zero-order valence-electron chi connectivity index (χ0n) is 13.3. The van der Waals surface area contributed by atoms with Crippen LogP contribution in [-0.2, 0) is 14.8 Å². The Morgan fingerprint density at radius 2 is 1.88 bits per heavy atom. The van der Waals surface area contributed by atoms with Gasteiger partial charge in [-0.3, -0.25) is 4.72 Å². The maximum Gasteiger partial charge on any atom is 0.261 e. The summed E-state index contributed by atoms with van der Waals surface area (Å²) in [5.74, 6) is -0.492. The minimum absolute atomic E-state index is 0.152. The van der Waals surface area contributed by atoms with Crippen LogP contribution >= 0.6 is 0 Å². The van der Waals surface area contributed by atoms with Crippen LogP contribution in [0.1, 0.15) is 5.56 Å². The molecule has 3 rings (SSSR count). The molecule has 1 fully saturated rings. The molecule has 2 aromatic carbocycles. The molecule has 1 aliphatic heterocycles. The maximum atomic E-state index is 13.7. The molecule has 0 bridgehead atoms. The number of ether oxygens (including phenoxy) is 1. The number of hydrogen-bond donors (Lipinski definition) is 1. The third kappa shape index (κ3) is 3.68. The zero-order chi connectivity index (χ0) is 17.2. The molecule has 1 saturated heterocycles. The molecule has 0 saturated carbocycles. The first-order valence-corrected chi connectivity index (χ1v) is 9.16. The fourth-order valence-electron chi connectivity index (χ4n) is 2.66. The highest BCUT2D eigenvalue weighted by atomic mass is 32.2. The molecule has 0 spiro atoms. The lowest BCUT2D eigenvalue weighted by Crippen LogP contribution is -2.36. The molecular weight excluding hydrogens is 331 g/mol. The summed E-state index contributed by atoms with van der Waals surface area (Å²) in [5, 5.41) is 0. The van der Waals surface area contributed by atoms with Crippen molar-refractivity contribution < 1.29 is 17.5 Å². The summed E-state index contributed by atoms with van der Waals surface area (Å²) in [7, 11) is -3.79. The van der Waals surface area contributed by atoms with Gasteiger partial charge in [-0.25, -0.2) is 12.8 Å². The van der Waals surface area contributed by atoms with Crippen LogP contribution in [0.25, 0.3) is 0 Å². The second-order valence-corrected chi connectivity index (χ2v) is 7.37. The van der Waals surface area contributed by atoms with E-state index in [-0.39, 0.29) is 10.6 Å². The molecule has 0 radical (unpaired) electrons. The quantitative estimate of drug-likeness (QED) is 0.921. The van der Waals surface area contributed by atoms with Gasteiger partial charge < -0.3 is 9.64 Å². The summed E-state index contributed by atoms with van der Waals surface area (Å²) in [6.07, 6.45) is 0. The highest BCUT2D eigenvalue weighted by Crippen LogP contribution is 2.29. The van der Waals surface area contributed by atoms with E-state index in [2.05, 4.69) is 4.72 Å². The van der Waals surface area contributed by atoms with Gasteiger partial charge in [-0.05, 0) is 36.8 Å². The van der Waals surface area contributed by atoms with E-state index < -0.39 is 15.8 Å². The molecule has 1 heterocycles. The molecular formula is C17H19FN2O3S. The van der Waals surface area contributed by atoms with Crippen LogP contribution in [0.4, 0.5) is 15.8 Å². The molecule has 1 N–H and O–H groups in total. The Labute approximate surface area is 141 Å². The van der Waals surface area contributed by atoms with Crippen molar-refractivity contribution in [2.45, 2.75) is 11.8 Å². The second-order valence-electron chi connectivity index (χ2n) is 5.68. The van der Waals surface area contributed by atoms with E-state index >= 15 is 0 Å². The van der Waals surface area contributed by atoms with Crippen LogP contribution < -0.4 is 9.62 Å². The standard InChI is InChI=1S/C17H19FN2O3S/c1-13-3-2-4-15(11-13)24(21,22)19-16-12-14(18)5-6-17(16)20-7-9-23-10-8-20/h2-6,11-12,19H,7-10H2,1H3. The van der Waals surface area contributed by atoms with E-state index in [1.54, 1.807) is 18.2 Å². The van der Waals surface area contributed by atoms with Crippen molar-refractivity contribution in [2.24, 2.45) is 0 Å². The maximum absolute atomic E-state index is 13.7. The molecule has 128 valence electrons. The molecule has 0 atom stereocenters. The van der Waals surface area contributed by atoms with Gasteiger partial charge in [0.15, 0.2) is 0 Å². The Balaban J connectivity index is 1.95. The van der Waals surface area contributed by atoms with Crippen molar-refractivity contribution in [3.8, 4) is 0 Å². The summed E-state index contributed by atoms with van der Waals surface area (Å²) in [6.45, 7) is 4.19. The number of rotatable bonds is 4. The van der Waals surface area contributed by atoms with Crippen molar-refractivity contribution in [1.82, 2.24) is 0 Å². The third-order valence-corrected chi connectivity index (χ3v) is 5.22. The molecule has 5 nitrogen and oxygen atoms in total. The number of sulfonamides is 1. The Kier molecular flexibility index (Phi) is 4.73. The van der Waals surface area contributed by atoms with E-state index in [4.69, 9.17) is 4.74 Å². The number of anilines is 2. The third-order valence-electron chi connectivity index (χ3n) is 3.85. The molecule has 1 aliphatic rings. The first kappa shape index (κ1) is 16.7. The van der Waals surface area contributed by atoms with Crippen molar-refractivity contribution in [2.75, 3.05) is 35.9 Å². The number of halogens is 1. The fourth-order valence-corrected chi connectivity index (χ4v) is 3.83. The highest BCUT2D eigenvalue weighted by molar-refractivity contribution is 7.92. The first-order valence-electron chi connectivity index (χ1n) is 7.67. The molecule has 2 aromatic rings. The van der Waals surface area contributed by atoms with Gasteiger partial charge in [0.2, 0.25) is 0 Å². The summed E-state index contributed by atoms with van der Waals surface area (Å²) >= 11 is 0. The van der Waals surface area contributed by atoms with Gasteiger partial charge in [-0.15, -0.1) is 0 Å². The second kappa shape index (κ2) is 6.78. The van der Waals surface area contributed by atoms with Crippen molar-refractivity contribution in [3.05, 3.63) is 53.8 Å². The summed E-state index contributed by atoms with van der Waals surface area (Å²) < 4.78 is 46.8. The van der Waals surface area contributed by atoms with E-state index in [0.29, 0.717) is 32.0 Å². The van der Waals surface area contributed by atoms with Gasteiger partial charge in [-0.1, -0.05) is 12.1 Å².